The van der Waals surface area contributed by atoms with Gasteiger partial charge in [0.2, 0.25) is 5.91 Å². The van der Waals surface area contributed by atoms with E-state index in [2.05, 4.69) is 15.6 Å². The first kappa shape index (κ1) is 15.8. The first-order chi connectivity index (χ1) is 10.4. The number of benzene rings is 1. The van der Waals surface area contributed by atoms with Crippen LogP contribution in [0.1, 0.15) is 13.8 Å². The van der Waals surface area contributed by atoms with E-state index in [0.29, 0.717) is 5.69 Å². The van der Waals surface area contributed by atoms with Crippen molar-refractivity contribution in [2.75, 3.05) is 10.6 Å². The summed E-state index contributed by atoms with van der Waals surface area (Å²) in [4.78, 5) is 15.5. The third-order valence-corrected chi connectivity index (χ3v) is 2.85. The second-order valence-corrected chi connectivity index (χ2v) is 4.92. The number of hydrogen-bond acceptors (Lipinski definition) is 3. The van der Waals surface area contributed by atoms with E-state index in [1.165, 1.54) is 12.3 Å². The van der Waals surface area contributed by atoms with Crippen LogP contribution in [0.2, 0.25) is 0 Å². The summed E-state index contributed by atoms with van der Waals surface area (Å²) < 4.78 is 39.5. The third-order valence-electron chi connectivity index (χ3n) is 2.85. The second kappa shape index (κ2) is 6.46. The van der Waals surface area contributed by atoms with Gasteiger partial charge in [-0.2, -0.15) is 0 Å². The summed E-state index contributed by atoms with van der Waals surface area (Å²) in [7, 11) is 0. The fourth-order valence-electron chi connectivity index (χ4n) is 1.59. The number of nitrogens with zero attached hydrogens (tertiary/aromatic N) is 1. The predicted octanol–water partition coefficient (Wildman–Crippen LogP) is 3.84. The highest BCUT2D eigenvalue weighted by Crippen LogP contribution is 2.23. The SMILES string of the molecule is CC(C)C(=O)Nc1ccc(Nc2ccc(F)c(F)c2F)nc1. The molecule has 2 rings (SSSR count). The van der Waals surface area contributed by atoms with Gasteiger partial charge in [0.05, 0.1) is 17.6 Å². The van der Waals surface area contributed by atoms with Crippen molar-refractivity contribution in [3.05, 3.63) is 47.9 Å². The molecule has 0 fully saturated rings. The zero-order valence-corrected chi connectivity index (χ0v) is 12.0. The summed E-state index contributed by atoms with van der Waals surface area (Å²) in [6.45, 7) is 3.51. The maximum absolute atomic E-state index is 13.5. The Hall–Kier alpha value is -2.57. The topological polar surface area (TPSA) is 54.0 Å². The minimum Gasteiger partial charge on any atom is -0.338 e. The second-order valence-electron chi connectivity index (χ2n) is 4.92. The van der Waals surface area contributed by atoms with Gasteiger partial charge in [-0.3, -0.25) is 4.79 Å². The molecular weight excluding hydrogens is 295 g/mol. The number of pyridine rings is 1. The maximum atomic E-state index is 13.5. The Morgan fingerprint density at radius 1 is 1.09 bits per heavy atom. The molecule has 0 radical (unpaired) electrons. The van der Waals surface area contributed by atoms with Crippen LogP contribution in [0.4, 0.5) is 30.4 Å². The van der Waals surface area contributed by atoms with Crippen molar-refractivity contribution in [2.24, 2.45) is 5.92 Å². The number of nitrogens with one attached hydrogen (secondary N) is 2. The van der Waals surface area contributed by atoms with Crippen molar-refractivity contribution in [3.63, 3.8) is 0 Å². The Balaban J connectivity index is 2.12. The minimum absolute atomic E-state index is 0.158. The van der Waals surface area contributed by atoms with Crippen molar-refractivity contribution in [1.82, 2.24) is 4.98 Å². The molecule has 116 valence electrons. The molecular formula is C15H14F3N3O. The Kier molecular flexibility index (Phi) is 4.65. The van der Waals surface area contributed by atoms with Crippen LogP contribution in [0, 0.1) is 23.4 Å². The Labute approximate surface area is 125 Å². The lowest BCUT2D eigenvalue weighted by Gasteiger charge is -2.10. The van der Waals surface area contributed by atoms with E-state index in [9.17, 15) is 18.0 Å². The van der Waals surface area contributed by atoms with Crippen molar-refractivity contribution < 1.29 is 18.0 Å². The van der Waals surface area contributed by atoms with Crippen molar-refractivity contribution >= 4 is 23.1 Å². The molecule has 22 heavy (non-hydrogen) atoms. The van der Waals surface area contributed by atoms with Gasteiger partial charge >= 0.3 is 0 Å². The van der Waals surface area contributed by atoms with Crippen molar-refractivity contribution in [1.29, 1.82) is 0 Å². The van der Waals surface area contributed by atoms with Gasteiger partial charge in [0.15, 0.2) is 17.5 Å². The molecule has 0 atom stereocenters. The molecule has 0 saturated carbocycles. The van der Waals surface area contributed by atoms with E-state index in [1.807, 2.05) is 0 Å². The van der Waals surface area contributed by atoms with E-state index in [0.717, 1.165) is 12.1 Å². The van der Waals surface area contributed by atoms with Crippen LogP contribution in [-0.2, 0) is 4.79 Å². The number of halogens is 3. The Morgan fingerprint density at radius 3 is 2.41 bits per heavy atom. The van der Waals surface area contributed by atoms with Gasteiger partial charge < -0.3 is 10.6 Å². The number of aromatic nitrogens is 1. The summed E-state index contributed by atoms with van der Waals surface area (Å²) in [5.74, 6) is -4.23. The predicted molar refractivity (Wildman–Crippen MR) is 77.3 cm³/mol. The molecule has 2 aromatic rings. The quantitative estimate of drug-likeness (QED) is 0.844. The Bertz CT molecular complexity index is 687. The average molecular weight is 309 g/mol. The number of anilines is 3. The molecule has 0 saturated heterocycles. The van der Waals surface area contributed by atoms with Crippen LogP contribution in [0.3, 0.4) is 0 Å². The summed E-state index contributed by atoms with van der Waals surface area (Å²) in [6.07, 6.45) is 1.38. The highest BCUT2D eigenvalue weighted by atomic mass is 19.2. The average Bonchev–Trinajstić information content (AvgIpc) is 2.49. The van der Waals surface area contributed by atoms with Crippen LogP contribution in [0.25, 0.3) is 0 Å². The van der Waals surface area contributed by atoms with Crippen molar-refractivity contribution in [2.45, 2.75) is 13.8 Å². The fraction of sp³-hybridized carbons (Fsp3) is 0.200. The molecule has 0 spiro atoms. The van der Waals surface area contributed by atoms with Gasteiger partial charge in [-0.15, -0.1) is 0 Å². The number of carbonyl (C=O) groups is 1. The number of rotatable bonds is 4. The molecule has 1 aromatic carbocycles. The lowest BCUT2D eigenvalue weighted by atomic mass is 10.2. The van der Waals surface area contributed by atoms with E-state index < -0.39 is 17.5 Å². The molecule has 1 amide bonds. The number of carbonyl (C=O) groups excluding carboxylic acids is 1. The molecule has 0 unspecified atom stereocenters. The van der Waals surface area contributed by atoms with Crippen LogP contribution < -0.4 is 10.6 Å². The highest BCUT2D eigenvalue weighted by molar-refractivity contribution is 5.91. The lowest BCUT2D eigenvalue weighted by molar-refractivity contribution is -0.118. The monoisotopic (exact) mass is 309 g/mol. The van der Waals surface area contributed by atoms with Crippen LogP contribution in [0.5, 0.6) is 0 Å². The summed E-state index contributed by atoms with van der Waals surface area (Å²) in [5, 5.41) is 5.19. The molecule has 0 aliphatic rings. The first-order valence-corrected chi connectivity index (χ1v) is 6.56. The fourth-order valence-corrected chi connectivity index (χ4v) is 1.59. The molecule has 0 aliphatic heterocycles. The largest absolute Gasteiger partial charge is 0.338 e. The highest BCUT2D eigenvalue weighted by Gasteiger charge is 2.13. The van der Waals surface area contributed by atoms with Gasteiger partial charge in [-0.25, -0.2) is 18.2 Å². The van der Waals surface area contributed by atoms with Gasteiger partial charge in [0.25, 0.3) is 0 Å². The minimum atomic E-state index is -1.55. The third kappa shape index (κ3) is 3.55. The smallest absolute Gasteiger partial charge is 0.226 e. The zero-order valence-electron chi connectivity index (χ0n) is 12.0. The molecule has 4 nitrogen and oxygen atoms in total. The number of amides is 1. The van der Waals surface area contributed by atoms with Gasteiger partial charge in [-0.1, -0.05) is 13.8 Å². The van der Waals surface area contributed by atoms with E-state index in [-0.39, 0.29) is 23.3 Å². The van der Waals surface area contributed by atoms with E-state index >= 15 is 0 Å². The lowest BCUT2D eigenvalue weighted by Crippen LogP contribution is -2.17. The molecule has 2 N–H and O–H groups in total. The summed E-state index contributed by atoms with van der Waals surface area (Å²) >= 11 is 0. The van der Waals surface area contributed by atoms with Gasteiger partial charge in [0.1, 0.15) is 5.82 Å². The summed E-state index contributed by atoms with van der Waals surface area (Å²) in [5.41, 5.74) is 0.250. The van der Waals surface area contributed by atoms with Gasteiger partial charge in [-0.05, 0) is 24.3 Å². The summed E-state index contributed by atoms with van der Waals surface area (Å²) in [6, 6.07) is 4.94. The normalized spacial score (nSPS) is 10.6. The molecule has 7 heteroatoms. The van der Waals surface area contributed by atoms with Crippen LogP contribution >= 0.6 is 0 Å². The van der Waals surface area contributed by atoms with E-state index in [4.69, 9.17) is 0 Å². The Morgan fingerprint density at radius 2 is 1.82 bits per heavy atom. The van der Waals surface area contributed by atoms with Crippen molar-refractivity contribution in [3.8, 4) is 0 Å². The zero-order chi connectivity index (χ0) is 16.3. The molecule has 0 bridgehead atoms. The molecule has 1 aromatic heterocycles. The first-order valence-electron chi connectivity index (χ1n) is 6.56. The van der Waals surface area contributed by atoms with Crippen LogP contribution in [-0.4, -0.2) is 10.9 Å². The maximum Gasteiger partial charge on any atom is 0.226 e. The van der Waals surface area contributed by atoms with Gasteiger partial charge in [0, 0.05) is 5.92 Å². The van der Waals surface area contributed by atoms with E-state index in [1.54, 1.807) is 19.9 Å². The molecule has 0 aliphatic carbocycles. The number of hydrogen-bond donors (Lipinski definition) is 2. The molecule has 1 heterocycles. The van der Waals surface area contributed by atoms with Crippen LogP contribution in [0.15, 0.2) is 30.5 Å². The standard InChI is InChI=1S/C15H14F3N3O/c1-8(2)15(22)20-9-3-6-12(19-7-9)21-11-5-4-10(16)13(17)14(11)18/h3-8H,1-2H3,(H,19,21)(H,20,22).